The first-order valence-electron chi connectivity index (χ1n) is 13.1. The lowest BCUT2D eigenvalue weighted by atomic mass is 10.1. The molecule has 0 saturated carbocycles. The van der Waals surface area contributed by atoms with Gasteiger partial charge in [0.05, 0.1) is 25.2 Å². The topological polar surface area (TPSA) is 316 Å². The van der Waals surface area contributed by atoms with Crippen LogP contribution in [0.25, 0.3) is 16.7 Å². The Hall–Kier alpha value is -3.37. The highest BCUT2D eigenvalue weighted by Gasteiger charge is 2.54. The first kappa shape index (κ1) is 30.3. The van der Waals surface area contributed by atoms with Gasteiger partial charge < -0.3 is 40.9 Å². The Morgan fingerprint density at radius 2 is 1.67 bits per heavy atom. The summed E-state index contributed by atoms with van der Waals surface area (Å²) in [5.74, 6) is -0.151. The smallest absolute Gasteiger partial charge is 0.387 e. The summed E-state index contributed by atoms with van der Waals surface area (Å²) in [6.45, 7) is -1.62. The van der Waals surface area contributed by atoms with Crippen LogP contribution in [0, 0.1) is 0 Å². The zero-order valence-corrected chi connectivity index (χ0v) is 24.3. The molecule has 0 spiro atoms. The number of fused-ring (bicyclic) bond motifs is 5. The molecule has 0 aromatic carbocycles. The largest absolute Gasteiger partial charge is 0.472 e. The van der Waals surface area contributed by atoms with Gasteiger partial charge in [0.1, 0.15) is 54.6 Å². The van der Waals surface area contributed by atoms with Crippen molar-refractivity contribution >= 4 is 44.1 Å². The zero-order valence-electron chi connectivity index (χ0n) is 22.5. The van der Waals surface area contributed by atoms with Crippen molar-refractivity contribution in [2.45, 2.75) is 49.0 Å². The fraction of sp³-hybridized carbons (Fsp3) is 0.476. The van der Waals surface area contributed by atoms with Crippen molar-refractivity contribution in [3.63, 3.8) is 0 Å². The molecule has 3 saturated heterocycles. The molecule has 3 fully saturated rings. The second-order valence-electron chi connectivity index (χ2n) is 10.3. The number of hydrogen-bond donors (Lipinski definition) is 7. The van der Waals surface area contributed by atoms with E-state index in [0.717, 1.165) is 10.9 Å². The third-order valence-corrected chi connectivity index (χ3v) is 9.46. The number of aromatic nitrogens is 7. The second-order valence-corrected chi connectivity index (χ2v) is 13.1. The highest BCUT2D eigenvalue weighted by molar-refractivity contribution is 7.47. The van der Waals surface area contributed by atoms with Crippen LogP contribution in [0.15, 0.2) is 29.6 Å². The standard InChI is InChI=1S/C21H25N9O13P2/c22-17-8-2-1-7(30(8)26-5-24-17)14-13(32)15-10(40-14)4-39-45(36,37)43-16-12(31)9(3-38-44(34,35)42-15)41-20(16)29-6-25-11-18(29)27-21(23)28-19(11)33/h1-2,5-6,9-10,12-16,20,31-32H,3-4H2,(H,34,35)(H,36,37)(H2,22,24,26)(H3,23,27,28,33)/t9-,10-,12-,13+,14+,15-,16-,20-/m1/s1. The van der Waals surface area contributed by atoms with Gasteiger partial charge in [0.15, 0.2) is 23.2 Å². The van der Waals surface area contributed by atoms with E-state index in [4.69, 9.17) is 39.0 Å². The number of nitrogens with two attached hydrogens (primary N) is 2. The van der Waals surface area contributed by atoms with Crippen LogP contribution >= 0.6 is 15.6 Å². The minimum absolute atomic E-state index is 0.123. The number of nitrogens with zero attached hydrogens (tertiary/aromatic N) is 6. The molecule has 9 N–H and O–H groups in total. The maximum Gasteiger partial charge on any atom is 0.472 e. The van der Waals surface area contributed by atoms with Gasteiger partial charge in [-0.25, -0.2) is 23.6 Å². The Balaban J connectivity index is 1.21. The van der Waals surface area contributed by atoms with Gasteiger partial charge in [0.2, 0.25) is 5.95 Å². The van der Waals surface area contributed by atoms with E-state index < -0.39 is 83.4 Å². The summed E-state index contributed by atoms with van der Waals surface area (Å²) in [5.41, 5.74) is 11.2. The third kappa shape index (κ3) is 5.33. The molecule has 45 heavy (non-hydrogen) atoms. The number of aliphatic hydroxyl groups is 2. The van der Waals surface area contributed by atoms with Crippen LogP contribution in [0.5, 0.6) is 0 Å². The molecule has 2 bridgehead atoms. The number of nitrogens with one attached hydrogen (secondary N) is 1. The molecule has 3 aliphatic heterocycles. The van der Waals surface area contributed by atoms with Gasteiger partial charge >= 0.3 is 15.6 Å². The molecule has 3 aliphatic rings. The molecule has 4 aromatic heterocycles. The summed E-state index contributed by atoms with van der Waals surface area (Å²) in [5, 5.41) is 26.3. The number of anilines is 2. The normalized spacial score (nSPS) is 37.7. The molecule has 4 aromatic rings. The maximum absolute atomic E-state index is 13.2. The van der Waals surface area contributed by atoms with Crippen molar-refractivity contribution in [1.29, 1.82) is 0 Å². The fourth-order valence-electron chi connectivity index (χ4n) is 5.46. The minimum Gasteiger partial charge on any atom is -0.387 e. The van der Waals surface area contributed by atoms with Crippen molar-refractivity contribution in [2.24, 2.45) is 0 Å². The second kappa shape index (κ2) is 10.9. The lowest BCUT2D eigenvalue weighted by molar-refractivity contribution is -0.0637. The van der Waals surface area contributed by atoms with E-state index in [0.29, 0.717) is 5.52 Å². The summed E-state index contributed by atoms with van der Waals surface area (Å²) in [4.78, 5) is 47.7. The van der Waals surface area contributed by atoms with Crippen LogP contribution in [-0.2, 0) is 36.7 Å². The summed E-state index contributed by atoms with van der Waals surface area (Å²) in [7, 11) is -10.1. The number of imidazole rings is 1. The number of rotatable bonds is 2. The maximum atomic E-state index is 13.2. The van der Waals surface area contributed by atoms with Crippen LogP contribution in [0.4, 0.5) is 11.8 Å². The van der Waals surface area contributed by atoms with Crippen molar-refractivity contribution in [3.8, 4) is 0 Å². The van der Waals surface area contributed by atoms with Crippen LogP contribution in [0.3, 0.4) is 0 Å². The summed E-state index contributed by atoms with van der Waals surface area (Å²) in [6, 6.07) is 3.08. The molecule has 7 heterocycles. The van der Waals surface area contributed by atoms with Gasteiger partial charge in [-0.3, -0.25) is 32.4 Å². The number of aliphatic hydroxyl groups excluding tert-OH is 2. The molecular formula is C21H25N9O13P2. The quantitative estimate of drug-likeness (QED) is 0.114. The predicted octanol–water partition coefficient (Wildman–Crippen LogP) is -1.90. The van der Waals surface area contributed by atoms with E-state index in [1.807, 2.05) is 0 Å². The molecular weight excluding hydrogens is 648 g/mol. The molecule has 0 aliphatic carbocycles. The summed E-state index contributed by atoms with van der Waals surface area (Å²) < 4.78 is 61.3. The van der Waals surface area contributed by atoms with Gasteiger partial charge in [-0.2, -0.15) is 10.1 Å². The predicted molar refractivity (Wildman–Crippen MR) is 145 cm³/mol. The van der Waals surface area contributed by atoms with Crippen LogP contribution in [0.1, 0.15) is 18.0 Å². The Labute approximate surface area is 249 Å². The lowest BCUT2D eigenvalue weighted by Crippen LogP contribution is -2.36. The van der Waals surface area contributed by atoms with Crippen molar-refractivity contribution in [1.82, 2.24) is 34.1 Å². The molecule has 22 nitrogen and oxygen atoms in total. The molecule has 242 valence electrons. The number of ether oxygens (including phenoxy) is 2. The number of nitrogen functional groups attached to an aromatic ring is 2. The monoisotopic (exact) mass is 673 g/mol. The Bertz CT molecular complexity index is 1930. The number of phosphoric ester groups is 2. The Kier molecular flexibility index (Phi) is 7.32. The van der Waals surface area contributed by atoms with Gasteiger partial charge in [-0.1, -0.05) is 0 Å². The molecule has 2 unspecified atom stereocenters. The molecule has 10 atom stereocenters. The number of aromatic amines is 1. The third-order valence-electron chi connectivity index (χ3n) is 7.49. The van der Waals surface area contributed by atoms with E-state index in [1.165, 1.54) is 16.9 Å². The van der Waals surface area contributed by atoms with Crippen molar-refractivity contribution < 1.29 is 56.7 Å². The van der Waals surface area contributed by atoms with Crippen LogP contribution < -0.4 is 17.0 Å². The highest BCUT2D eigenvalue weighted by atomic mass is 31.2. The number of phosphoric acid groups is 2. The van der Waals surface area contributed by atoms with Crippen molar-refractivity contribution in [2.75, 3.05) is 24.7 Å². The minimum atomic E-state index is -5.10. The average Bonchev–Trinajstić information content (AvgIpc) is 3.72. The average molecular weight is 673 g/mol. The van der Waals surface area contributed by atoms with Gasteiger partial charge in [0, 0.05) is 0 Å². The van der Waals surface area contributed by atoms with Gasteiger partial charge in [-0.05, 0) is 12.1 Å². The number of H-pyrrole nitrogens is 1. The van der Waals surface area contributed by atoms with E-state index in [1.54, 1.807) is 6.07 Å². The first-order chi connectivity index (χ1) is 21.3. The van der Waals surface area contributed by atoms with Crippen LogP contribution in [-0.4, -0.2) is 104 Å². The Morgan fingerprint density at radius 1 is 0.956 bits per heavy atom. The van der Waals surface area contributed by atoms with E-state index >= 15 is 0 Å². The van der Waals surface area contributed by atoms with Gasteiger partial charge in [0.25, 0.3) is 5.56 Å². The SMILES string of the molecule is Nc1nc2c(ncn2[C@@H]2O[C@@H]3COP(=O)(O)O[C@H]4[C@@H](O)[C@H](c5ccc6c(N)ncnn56)O[C@@H]4COP(=O)(O)O[C@@H]2[C@@H]3O)c(=O)[nH]1. The number of hydrogen-bond acceptors (Lipinski definition) is 17. The fourth-order valence-corrected chi connectivity index (χ4v) is 7.36. The van der Waals surface area contributed by atoms with Crippen molar-refractivity contribution in [3.05, 3.63) is 40.8 Å². The lowest BCUT2D eigenvalue weighted by Gasteiger charge is -2.25. The molecule has 7 rings (SSSR count). The first-order valence-corrected chi connectivity index (χ1v) is 16.1. The molecule has 0 radical (unpaired) electrons. The summed E-state index contributed by atoms with van der Waals surface area (Å²) >= 11 is 0. The summed E-state index contributed by atoms with van der Waals surface area (Å²) in [6.07, 6.45) is -10.1. The van der Waals surface area contributed by atoms with Crippen LogP contribution in [0.2, 0.25) is 0 Å². The van der Waals surface area contributed by atoms with Gasteiger partial charge in [-0.15, -0.1) is 0 Å². The van der Waals surface area contributed by atoms with E-state index in [-0.39, 0.29) is 28.6 Å². The Morgan fingerprint density at radius 3 is 2.42 bits per heavy atom. The molecule has 24 heteroatoms. The van der Waals surface area contributed by atoms with E-state index in [9.17, 15) is 33.9 Å². The highest BCUT2D eigenvalue weighted by Crippen LogP contribution is 2.54. The zero-order chi connectivity index (χ0) is 31.8. The van der Waals surface area contributed by atoms with E-state index in [2.05, 4.69) is 25.0 Å². The molecule has 0 amide bonds.